The first kappa shape index (κ1) is 20.3. The molecule has 0 bridgehead atoms. The number of carbonyl (C=O) groups is 1. The summed E-state index contributed by atoms with van der Waals surface area (Å²) in [5.41, 5.74) is 5.38. The zero-order valence-electron chi connectivity index (χ0n) is 17.7. The predicted octanol–water partition coefficient (Wildman–Crippen LogP) is 4.13. The van der Waals surface area contributed by atoms with E-state index in [1.165, 1.54) is 28.2 Å². The second-order valence-corrected chi connectivity index (χ2v) is 8.71. The SMILES string of the molecule is CCC(=O)n1cc(/C=c2/sc3nc4cc(C)c(C)cc4n3c2=O)c(-c2ccc(F)cc2)n1. The minimum Gasteiger partial charge on any atom is -0.273 e. The molecule has 0 unspecified atom stereocenters. The molecule has 3 heterocycles. The number of benzene rings is 2. The van der Waals surface area contributed by atoms with Gasteiger partial charge < -0.3 is 0 Å². The molecule has 0 radical (unpaired) electrons. The Hall–Kier alpha value is -3.65. The summed E-state index contributed by atoms with van der Waals surface area (Å²) in [6.07, 6.45) is 3.62. The molecule has 160 valence electrons. The number of imidazole rings is 1. The van der Waals surface area contributed by atoms with Crippen LogP contribution in [0.3, 0.4) is 0 Å². The monoisotopic (exact) mass is 446 g/mol. The number of hydrogen-bond acceptors (Lipinski definition) is 5. The second kappa shape index (κ2) is 7.49. The third kappa shape index (κ3) is 3.23. The van der Waals surface area contributed by atoms with Gasteiger partial charge in [0.15, 0.2) is 4.96 Å². The molecule has 6 nitrogen and oxygen atoms in total. The first-order valence-electron chi connectivity index (χ1n) is 10.2. The third-order valence-corrected chi connectivity index (χ3v) is 6.53. The van der Waals surface area contributed by atoms with Gasteiger partial charge >= 0.3 is 0 Å². The highest BCUT2D eigenvalue weighted by Crippen LogP contribution is 2.24. The lowest BCUT2D eigenvalue weighted by Crippen LogP contribution is -2.22. The van der Waals surface area contributed by atoms with Crippen molar-refractivity contribution in [1.29, 1.82) is 0 Å². The van der Waals surface area contributed by atoms with Crippen LogP contribution in [0.25, 0.3) is 33.3 Å². The molecule has 0 saturated carbocycles. The van der Waals surface area contributed by atoms with Gasteiger partial charge in [0.05, 0.1) is 15.6 Å². The fraction of sp³-hybridized carbons (Fsp3) is 0.167. The normalized spacial score (nSPS) is 12.3. The molecule has 0 spiro atoms. The summed E-state index contributed by atoms with van der Waals surface area (Å²) < 4.78 is 16.8. The summed E-state index contributed by atoms with van der Waals surface area (Å²) in [4.78, 5) is 30.7. The maximum Gasteiger partial charge on any atom is 0.274 e. The van der Waals surface area contributed by atoms with Crippen molar-refractivity contribution < 1.29 is 9.18 Å². The van der Waals surface area contributed by atoms with Crippen LogP contribution in [0, 0.1) is 19.7 Å². The first-order chi connectivity index (χ1) is 15.4. The maximum atomic E-state index is 13.4. The number of aromatic nitrogens is 4. The standard InChI is InChI=1S/C24H19FN4O2S/c1-4-21(30)28-12-16(22(27-28)15-5-7-17(25)8-6-15)11-20-23(31)29-19-10-14(3)13(2)9-18(19)26-24(29)32-20/h5-12H,4H2,1-3H3/b20-11+. The van der Waals surface area contributed by atoms with Crippen LogP contribution in [-0.2, 0) is 0 Å². The van der Waals surface area contributed by atoms with Gasteiger partial charge in [-0.05, 0) is 67.4 Å². The van der Waals surface area contributed by atoms with Crippen molar-refractivity contribution in [2.75, 3.05) is 0 Å². The Balaban J connectivity index is 1.73. The molecule has 0 amide bonds. The van der Waals surface area contributed by atoms with Crippen molar-refractivity contribution >= 4 is 39.3 Å². The van der Waals surface area contributed by atoms with Gasteiger partial charge in [-0.15, -0.1) is 0 Å². The van der Waals surface area contributed by atoms with E-state index in [1.807, 2.05) is 26.0 Å². The van der Waals surface area contributed by atoms with Crippen LogP contribution in [0.15, 0.2) is 47.4 Å². The Morgan fingerprint density at radius 2 is 1.88 bits per heavy atom. The molecule has 8 heteroatoms. The first-order valence-corrected chi connectivity index (χ1v) is 11.0. The average molecular weight is 447 g/mol. The van der Waals surface area contributed by atoms with Gasteiger partial charge in [0.25, 0.3) is 5.56 Å². The smallest absolute Gasteiger partial charge is 0.273 e. The Bertz CT molecular complexity index is 1630. The van der Waals surface area contributed by atoms with E-state index in [0.29, 0.717) is 26.3 Å². The van der Waals surface area contributed by atoms with E-state index < -0.39 is 0 Å². The lowest BCUT2D eigenvalue weighted by molar-refractivity contribution is 0.0893. The maximum absolute atomic E-state index is 13.4. The zero-order chi connectivity index (χ0) is 22.6. The Kier molecular flexibility index (Phi) is 4.74. The minimum atomic E-state index is -0.359. The van der Waals surface area contributed by atoms with Crippen molar-refractivity contribution in [2.45, 2.75) is 27.2 Å². The molecule has 2 aromatic carbocycles. The Morgan fingerprint density at radius 1 is 1.16 bits per heavy atom. The van der Waals surface area contributed by atoms with E-state index in [2.05, 4.69) is 10.1 Å². The topological polar surface area (TPSA) is 69.3 Å². The van der Waals surface area contributed by atoms with E-state index in [9.17, 15) is 14.0 Å². The van der Waals surface area contributed by atoms with Crippen molar-refractivity contribution in [3.05, 3.63) is 80.0 Å². The molecule has 3 aromatic heterocycles. The molecule has 5 rings (SSSR count). The zero-order valence-corrected chi connectivity index (χ0v) is 18.5. The van der Waals surface area contributed by atoms with Crippen LogP contribution in [0.4, 0.5) is 4.39 Å². The highest BCUT2D eigenvalue weighted by atomic mass is 32.1. The van der Waals surface area contributed by atoms with E-state index in [-0.39, 0.29) is 23.7 Å². The quantitative estimate of drug-likeness (QED) is 0.418. The Morgan fingerprint density at radius 3 is 2.59 bits per heavy atom. The van der Waals surface area contributed by atoms with Crippen molar-refractivity contribution in [3.63, 3.8) is 0 Å². The lowest BCUT2D eigenvalue weighted by Gasteiger charge is -1.99. The largest absolute Gasteiger partial charge is 0.274 e. The fourth-order valence-corrected chi connectivity index (χ4v) is 4.65. The Labute approximate surface area is 186 Å². The average Bonchev–Trinajstić information content (AvgIpc) is 3.43. The number of nitrogens with zero attached hydrogens (tertiary/aromatic N) is 4. The summed E-state index contributed by atoms with van der Waals surface area (Å²) in [7, 11) is 0. The molecular weight excluding hydrogens is 427 g/mol. The number of hydrogen-bond donors (Lipinski definition) is 0. The van der Waals surface area contributed by atoms with Gasteiger partial charge in [-0.3, -0.25) is 9.59 Å². The minimum absolute atomic E-state index is 0.171. The van der Waals surface area contributed by atoms with Gasteiger partial charge in [-0.25, -0.2) is 18.5 Å². The second-order valence-electron chi connectivity index (χ2n) is 7.70. The number of carbonyl (C=O) groups excluding carboxylic acids is 1. The molecule has 0 aliphatic carbocycles. The number of rotatable bonds is 3. The van der Waals surface area contributed by atoms with E-state index >= 15 is 0 Å². The summed E-state index contributed by atoms with van der Waals surface area (Å²) >= 11 is 1.29. The van der Waals surface area contributed by atoms with Gasteiger partial charge in [0, 0.05) is 23.7 Å². The fourth-order valence-electron chi connectivity index (χ4n) is 3.67. The van der Waals surface area contributed by atoms with Gasteiger partial charge in [0.1, 0.15) is 11.5 Å². The number of fused-ring (bicyclic) bond motifs is 3. The molecule has 32 heavy (non-hydrogen) atoms. The molecular formula is C24H19FN4O2S. The highest BCUT2D eigenvalue weighted by Gasteiger charge is 2.16. The number of halogens is 1. The number of thiazole rings is 1. The van der Waals surface area contributed by atoms with Crippen molar-refractivity contribution in [1.82, 2.24) is 19.2 Å². The molecule has 5 aromatic rings. The summed E-state index contributed by atoms with van der Waals surface area (Å²) in [5.74, 6) is -0.532. The molecule has 0 fully saturated rings. The van der Waals surface area contributed by atoms with Crippen LogP contribution in [0.5, 0.6) is 0 Å². The van der Waals surface area contributed by atoms with Gasteiger partial charge in [-0.2, -0.15) is 5.10 Å². The van der Waals surface area contributed by atoms with Crippen LogP contribution in [0.1, 0.15) is 34.8 Å². The highest BCUT2D eigenvalue weighted by molar-refractivity contribution is 7.15. The lowest BCUT2D eigenvalue weighted by atomic mass is 10.1. The molecule has 0 atom stereocenters. The van der Waals surface area contributed by atoms with Crippen molar-refractivity contribution in [2.24, 2.45) is 0 Å². The predicted molar refractivity (Wildman–Crippen MR) is 124 cm³/mol. The van der Waals surface area contributed by atoms with E-state index in [0.717, 1.165) is 22.2 Å². The summed E-state index contributed by atoms with van der Waals surface area (Å²) in [6, 6.07) is 9.86. The van der Waals surface area contributed by atoms with Crippen LogP contribution < -0.4 is 10.1 Å². The van der Waals surface area contributed by atoms with Gasteiger partial charge in [0.2, 0.25) is 5.91 Å². The number of aryl methyl sites for hydroxylation is 2. The molecule has 0 aliphatic heterocycles. The molecule has 0 saturated heterocycles. The van der Waals surface area contributed by atoms with Crippen LogP contribution in [0.2, 0.25) is 0 Å². The van der Waals surface area contributed by atoms with Crippen LogP contribution in [-0.4, -0.2) is 25.1 Å². The molecule has 0 aliphatic rings. The van der Waals surface area contributed by atoms with Gasteiger partial charge in [-0.1, -0.05) is 18.3 Å². The van der Waals surface area contributed by atoms with Crippen molar-refractivity contribution in [3.8, 4) is 11.3 Å². The van der Waals surface area contributed by atoms with Crippen LogP contribution >= 0.6 is 11.3 Å². The summed E-state index contributed by atoms with van der Waals surface area (Å²) in [6.45, 7) is 5.78. The third-order valence-electron chi connectivity index (χ3n) is 5.56. The van der Waals surface area contributed by atoms with E-state index in [4.69, 9.17) is 0 Å². The summed E-state index contributed by atoms with van der Waals surface area (Å²) in [5, 5.41) is 4.41. The van der Waals surface area contributed by atoms with E-state index in [1.54, 1.807) is 35.7 Å². The molecule has 0 N–H and O–H groups in total.